The zero-order valence-corrected chi connectivity index (χ0v) is 18.7. The first kappa shape index (κ1) is 23.9. The zero-order chi connectivity index (χ0) is 17.7. The summed E-state index contributed by atoms with van der Waals surface area (Å²) < 4.78 is 16.5. The summed E-state index contributed by atoms with van der Waals surface area (Å²) in [7, 11) is 0. The van der Waals surface area contributed by atoms with Gasteiger partial charge in [-0.1, -0.05) is 6.92 Å². The molecule has 7 nitrogen and oxygen atoms in total. The first-order valence-electron chi connectivity index (χ1n) is 9.79. The van der Waals surface area contributed by atoms with Crippen LogP contribution < -0.4 is 10.6 Å². The van der Waals surface area contributed by atoms with E-state index in [0.29, 0.717) is 12.0 Å². The summed E-state index contributed by atoms with van der Waals surface area (Å²) in [6, 6.07) is 0. The maximum absolute atomic E-state index is 5.79. The van der Waals surface area contributed by atoms with E-state index in [2.05, 4.69) is 29.4 Å². The molecular formula is C18H37IN4O3. The van der Waals surface area contributed by atoms with Gasteiger partial charge in [-0.3, -0.25) is 9.89 Å². The maximum Gasteiger partial charge on any atom is 0.191 e. The molecule has 2 saturated heterocycles. The summed E-state index contributed by atoms with van der Waals surface area (Å²) in [6.07, 6.45) is 2.30. The summed E-state index contributed by atoms with van der Waals surface area (Å²) in [5, 5.41) is 6.72. The third-order valence-corrected chi connectivity index (χ3v) is 4.43. The average molecular weight is 484 g/mol. The average Bonchev–Trinajstić information content (AvgIpc) is 3.13. The Bertz CT molecular complexity index is 375. The summed E-state index contributed by atoms with van der Waals surface area (Å²) >= 11 is 0. The van der Waals surface area contributed by atoms with Gasteiger partial charge in [0.15, 0.2) is 5.96 Å². The molecule has 2 heterocycles. The Kier molecular flexibility index (Phi) is 13.6. The second-order valence-electron chi connectivity index (χ2n) is 6.87. The highest BCUT2D eigenvalue weighted by Crippen LogP contribution is 2.08. The smallest absolute Gasteiger partial charge is 0.191 e. The number of halogens is 1. The Labute approximate surface area is 175 Å². The van der Waals surface area contributed by atoms with Gasteiger partial charge >= 0.3 is 0 Å². The number of morpholine rings is 1. The normalized spacial score (nSPS) is 22.7. The predicted molar refractivity (Wildman–Crippen MR) is 116 cm³/mol. The van der Waals surface area contributed by atoms with Crippen molar-refractivity contribution in [1.82, 2.24) is 15.5 Å². The van der Waals surface area contributed by atoms with Gasteiger partial charge in [0.05, 0.1) is 25.9 Å². The van der Waals surface area contributed by atoms with Crippen LogP contribution >= 0.6 is 24.0 Å². The number of nitrogens with one attached hydrogen (secondary N) is 2. The van der Waals surface area contributed by atoms with Crippen LogP contribution in [0.25, 0.3) is 0 Å². The minimum absolute atomic E-state index is 0. The molecule has 2 rings (SSSR count). The highest BCUT2D eigenvalue weighted by Gasteiger charge is 2.15. The van der Waals surface area contributed by atoms with Crippen LogP contribution in [0, 0.1) is 5.92 Å². The van der Waals surface area contributed by atoms with E-state index in [-0.39, 0.29) is 24.0 Å². The lowest BCUT2D eigenvalue weighted by Crippen LogP contribution is -2.40. The van der Waals surface area contributed by atoms with Crippen LogP contribution in [0.2, 0.25) is 0 Å². The van der Waals surface area contributed by atoms with Crippen LogP contribution in [0.15, 0.2) is 4.99 Å². The highest BCUT2D eigenvalue weighted by atomic mass is 127. The molecule has 0 amide bonds. The highest BCUT2D eigenvalue weighted by molar-refractivity contribution is 14.0. The summed E-state index contributed by atoms with van der Waals surface area (Å²) in [4.78, 5) is 7.20. The SMILES string of the molecule is CCNC(=NCC(C)CN1CCOCC1)NCCCOC1CCOC1.I. The monoisotopic (exact) mass is 484 g/mol. The van der Waals surface area contributed by atoms with Gasteiger partial charge in [0.2, 0.25) is 0 Å². The third kappa shape index (κ3) is 10.2. The largest absolute Gasteiger partial charge is 0.379 e. The molecule has 2 aliphatic heterocycles. The van der Waals surface area contributed by atoms with Gasteiger partial charge in [-0.05, 0) is 25.7 Å². The van der Waals surface area contributed by atoms with Crippen molar-refractivity contribution in [1.29, 1.82) is 0 Å². The Hall–Kier alpha value is -0.160. The van der Waals surface area contributed by atoms with E-state index in [0.717, 1.165) is 91.1 Å². The van der Waals surface area contributed by atoms with Gasteiger partial charge in [-0.25, -0.2) is 0 Å². The van der Waals surface area contributed by atoms with Crippen molar-refractivity contribution < 1.29 is 14.2 Å². The van der Waals surface area contributed by atoms with E-state index < -0.39 is 0 Å². The van der Waals surface area contributed by atoms with E-state index in [4.69, 9.17) is 19.2 Å². The molecule has 0 aromatic rings. The quantitative estimate of drug-likeness (QED) is 0.211. The van der Waals surface area contributed by atoms with Crippen molar-refractivity contribution in [2.24, 2.45) is 10.9 Å². The molecule has 2 unspecified atom stereocenters. The number of rotatable bonds is 10. The number of hydrogen-bond donors (Lipinski definition) is 2. The molecule has 2 N–H and O–H groups in total. The number of hydrogen-bond acceptors (Lipinski definition) is 5. The van der Waals surface area contributed by atoms with Crippen LogP contribution in [-0.4, -0.2) is 89.3 Å². The van der Waals surface area contributed by atoms with Gasteiger partial charge in [-0.2, -0.15) is 0 Å². The van der Waals surface area contributed by atoms with Crippen LogP contribution in [0.1, 0.15) is 26.7 Å². The van der Waals surface area contributed by atoms with Crippen LogP contribution in [0.5, 0.6) is 0 Å². The lowest BCUT2D eigenvalue weighted by molar-refractivity contribution is 0.0323. The molecule has 154 valence electrons. The van der Waals surface area contributed by atoms with Gasteiger partial charge in [0, 0.05) is 52.5 Å². The van der Waals surface area contributed by atoms with E-state index in [1.807, 2.05) is 0 Å². The molecule has 8 heteroatoms. The van der Waals surface area contributed by atoms with E-state index in [1.165, 1.54) is 0 Å². The molecule has 0 spiro atoms. The van der Waals surface area contributed by atoms with Gasteiger partial charge in [0.1, 0.15) is 0 Å². The Morgan fingerprint density at radius 1 is 1.23 bits per heavy atom. The topological polar surface area (TPSA) is 67.4 Å². The minimum atomic E-state index is 0. The van der Waals surface area contributed by atoms with Crippen LogP contribution in [0.3, 0.4) is 0 Å². The Morgan fingerprint density at radius 3 is 2.73 bits per heavy atom. The van der Waals surface area contributed by atoms with Crippen molar-refractivity contribution in [3.8, 4) is 0 Å². The fraction of sp³-hybridized carbons (Fsp3) is 0.944. The van der Waals surface area contributed by atoms with Crippen LogP contribution in [-0.2, 0) is 14.2 Å². The molecule has 0 aliphatic carbocycles. The first-order valence-corrected chi connectivity index (χ1v) is 9.79. The van der Waals surface area contributed by atoms with Crippen molar-refractivity contribution in [2.75, 3.05) is 72.3 Å². The molecule has 0 saturated carbocycles. The van der Waals surface area contributed by atoms with Crippen molar-refractivity contribution >= 4 is 29.9 Å². The van der Waals surface area contributed by atoms with Crippen LogP contribution in [0.4, 0.5) is 0 Å². The number of aliphatic imine (C=N–C) groups is 1. The van der Waals surface area contributed by atoms with E-state index >= 15 is 0 Å². The summed E-state index contributed by atoms with van der Waals surface area (Å²) in [5.41, 5.74) is 0. The van der Waals surface area contributed by atoms with Gasteiger partial charge < -0.3 is 24.8 Å². The van der Waals surface area contributed by atoms with Crippen molar-refractivity contribution in [3.05, 3.63) is 0 Å². The molecule has 2 aliphatic rings. The molecule has 0 bridgehead atoms. The minimum Gasteiger partial charge on any atom is -0.379 e. The third-order valence-electron chi connectivity index (χ3n) is 4.43. The van der Waals surface area contributed by atoms with Gasteiger partial charge in [-0.15, -0.1) is 24.0 Å². The van der Waals surface area contributed by atoms with Crippen molar-refractivity contribution in [3.63, 3.8) is 0 Å². The van der Waals surface area contributed by atoms with Crippen molar-refractivity contribution in [2.45, 2.75) is 32.8 Å². The first-order chi connectivity index (χ1) is 12.3. The number of nitrogens with zero attached hydrogens (tertiary/aromatic N) is 2. The second kappa shape index (κ2) is 14.8. The Morgan fingerprint density at radius 2 is 2.04 bits per heavy atom. The molecular weight excluding hydrogens is 447 g/mol. The summed E-state index contributed by atoms with van der Waals surface area (Å²) in [6.45, 7) is 14.2. The number of guanidine groups is 1. The molecule has 26 heavy (non-hydrogen) atoms. The predicted octanol–water partition coefficient (Wildman–Crippen LogP) is 1.32. The fourth-order valence-electron chi connectivity index (χ4n) is 3.04. The summed E-state index contributed by atoms with van der Waals surface area (Å²) in [5.74, 6) is 1.44. The second-order valence-corrected chi connectivity index (χ2v) is 6.87. The van der Waals surface area contributed by atoms with E-state index in [1.54, 1.807) is 0 Å². The van der Waals surface area contributed by atoms with Gasteiger partial charge in [0.25, 0.3) is 0 Å². The molecule has 0 radical (unpaired) electrons. The molecule has 0 aromatic carbocycles. The lowest BCUT2D eigenvalue weighted by atomic mass is 10.1. The fourth-order valence-corrected chi connectivity index (χ4v) is 3.04. The molecule has 0 aromatic heterocycles. The zero-order valence-electron chi connectivity index (χ0n) is 16.4. The van der Waals surface area contributed by atoms with E-state index in [9.17, 15) is 0 Å². The number of ether oxygens (including phenoxy) is 3. The Balaban J connectivity index is 0.00000338. The molecule has 2 atom stereocenters. The standard InChI is InChI=1S/C18H36N4O3.HI/c1-3-19-18(20-6-4-9-25-17-5-10-24-15-17)21-13-16(2)14-22-7-11-23-12-8-22;/h16-17H,3-15H2,1-2H3,(H2,19,20,21);1H. The lowest BCUT2D eigenvalue weighted by Gasteiger charge is -2.28. The maximum atomic E-state index is 5.79. The molecule has 2 fully saturated rings.